The molecular formula is C13H16N2O3S2. The van der Waals surface area contributed by atoms with Crippen LogP contribution in [0.1, 0.15) is 25.8 Å². The van der Waals surface area contributed by atoms with E-state index in [1.807, 2.05) is 25.3 Å². The average molecular weight is 312 g/mol. The Bertz CT molecular complexity index is 580. The van der Waals surface area contributed by atoms with Crippen LogP contribution in [0.2, 0.25) is 0 Å². The van der Waals surface area contributed by atoms with Gasteiger partial charge in [0.2, 0.25) is 0 Å². The van der Waals surface area contributed by atoms with Crippen molar-refractivity contribution in [3.8, 4) is 10.8 Å². The highest BCUT2D eigenvalue weighted by Gasteiger charge is 2.23. The Morgan fingerprint density at radius 1 is 1.50 bits per heavy atom. The van der Waals surface area contributed by atoms with Crippen molar-refractivity contribution in [1.29, 1.82) is 0 Å². The molecule has 7 heteroatoms. The normalized spacial score (nSPS) is 12.3. The average Bonchev–Trinajstić information content (AvgIpc) is 3.04. The molecule has 2 aromatic heterocycles. The highest BCUT2D eigenvalue weighted by atomic mass is 32.2. The second kappa shape index (κ2) is 6.90. The Balaban J connectivity index is 2.09. The number of hydrogen-bond donors (Lipinski definition) is 0. The first-order valence-electron chi connectivity index (χ1n) is 6.37. The van der Waals surface area contributed by atoms with E-state index >= 15 is 0 Å². The van der Waals surface area contributed by atoms with Crippen LogP contribution in [0.4, 0.5) is 0 Å². The van der Waals surface area contributed by atoms with Crippen LogP contribution in [0.25, 0.3) is 10.8 Å². The van der Waals surface area contributed by atoms with E-state index in [0.717, 1.165) is 10.4 Å². The number of aryl methyl sites for hydroxylation is 1. The van der Waals surface area contributed by atoms with Crippen LogP contribution >= 0.6 is 23.1 Å². The SMILES string of the molecule is CCOC(=O)[C@H](CC)Sc1nnc(-c2sccc2C)o1. The highest BCUT2D eigenvalue weighted by Crippen LogP contribution is 2.32. The third kappa shape index (κ3) is 3.40. The fourth-order valence-corrected chi connectivity index (χ4v) is 3.23. The Morgan fingerprint density at radius 3 is 2.90 bits per heavy atom. The van der Waals surface area contributed by atoms with Crippen molar-refractivity contribution in [1.82, 2.24) is 10.2 Å². The topological polar surface area (TPSA) is 65.2 Å². The summed E-state index contributed by atoms with van der Waals surface area (Å²) in [7, 11) is 0. The van der Waals surface area contributed by atoms with Gasteiger partial charge in [0.15, 0.2) is 0 Å². The van der Waals surface area contributed by atoms with Crippen LogP contribution in [0, 0.1) is 6.92 Å². The lowest BCUT2D eigenvalue weighted by atomic mass is 10.3. The molecule has 0 aliphatic rings. The molecule has 0 aliphatic carbocycles. The lowest BCUT2D eigenvalue weighted by Crippen LogP contribution is -2.19. The van der Waals surface area contributed by atoms with Gasteiger partial charge < -0.3 is 9.15 Å². The Morgan fingerprint density at radius 2 is 2.30 bits per heavy atom. The minimum Gasteiger partial charge on any atom is -0.465 e. The second-order valence-corrected chi connectivity index (χ2v) is 6.14. The molecule has 0 bridgehead atoms. The Hall–Kier alpha value is -1.34. The molecule has 0 fully saturated rings. The van der Waals surface area contributed by atoms with E-state index < -0.39 is 0 Å². The molecule has 2 rings (SSSR count). The van der Waals surface area contributed by atoms with Crippen molar-refractivity contribution in [3.05, 3.63) is 17.0 Å². The van der Waals surface area contributed by atoms with E-state index in [0.29, 0.717) is 24.1 Å². The zero-order valence-corrected chi connectivity index (χ0v) is 13.2. The molecule has 20 heavy (non-hydrogen) atoms. The molecule has 0 N–H and O–H groups in total. The summed E-state index contributed by atoms with van der Waals surface area (Å²) in [6.07, 6.45) is 0.652. The summed E-state index contributed by atoms with van der Waals surface area (Å²) in [4.78, 5) is 12.7. The van der Waals surface area contributed by atoms with Crippen LogP contribution < -0.4 is 0 Å². The van der Waals surface area contributed by atoms with E-state index in [4.69, 9.17) is 9.15 Å². The zero-order valence-electron chi connectivity index (χ0n) is 11.6. The summed E-state index contributed by atoms with van der Waals surface area (Å²) in [6.45, 7) is 6.09. The molecule has 0 radical (unpaired) electrons. The highest BCUT2D eigenvalue weighted by molar-refractivity contribution is 8.00. The standard InChI is InChI=1S/C13H16N2O3S2/c1-4-9(12(16)17-5-2)20-13-15-14-11(18-13)10-8(3)6-7-19-10/h6-7,9H,4-5H2,1-3H3/t9-/m0/s1. The molecule has 5 nitrogen and oxygen atoms in total. The predicted molar refractivity (Wildman–Crippen MR) is 78.9 cm³/mol. The van der Waals surface area contributed by atoms with Gasteiger partial charge in [-0.1, -0.05) is 18.7 Å². The van der Waals surface area contributed by atoms with E-state index in [2.05, 4.69) is 10.2 Å². The monoisotopic (exact) mass is 312 g/mol. The van der Waals surface area contributed by atoms with E-state index in [1.165, 1.54) is 11.8 Å². The molecule has 0 spiro atoms. The predicted octanol–water partition coefficient (Wildman–Crippen LogP) is 3.54. The number of ether oxygens (including phenoxy) is 1. The number of esters is 1. The van der Waals surface area contributed by atoms with Crippen LogP contribution in [0.3, 0.4) is 0 Å². The summed E-state index contributed by atoms with van der Waals surface area (Å²) in [6, 6.07) is 2.00. The van der Waals surface area contributed by atoms with E-state index in [9.17, 15) is 4.79 Å². The molecular weight excluding hydrogens is 296 g/mol. The van der Waals surface area contributed by atoms with Crippen molar-refractivity contribution < 1.29 is 13.9 Å². The summed E-state index contributed by atoms with van der Waals surface area (Å²) in [5.41, 5.74) is 1.10. The first-order valence-corrected chi connectivity index (χ1v) is 8.12. The fourth-order valence-electron chi connectivity index (χ4n) is 1.60. The van der Waals surface area contributed by atoms with Gasteiger partial charge in [-0.05, 0) is 37.3 Å². The van der Waals surface area contributed by atoms with Gasteiger partial charge in [0.1, 0.15) is 5.25 Å². The van der Waals surface area contributed by atoms with Gasteiger partial charge in [-0.2, -0.15) is 0 Å². The van der Waals surface area contributed by atoms with Gasteiger partial charge in [-0.3, -0.25) is 4.79 Å². The molecule has 0 amide bonds. The van der Waals surface area contributed by atoms with Crippen LogP contribution in [0.5, 0.6) is 0 Å². The van der Waals surface area contributed by atoms with Gasteiger partial charge in [0.25, 0.3) is 11.1 Å². The van der Waals surface area contributed by atoms with Crippen molar-refractivity contribution in [2.45, 2.75) is 37.7 Å². The number of carbonyl (C=O) groups excluding carboxylic acids is 1. The lowest BCUT2D eigenvalue weighted by molar-refractivity contribution is -0.142. The molecule has 0 aliphatic heterocycles. The molecule has 2 aromatic rings. The fraction of sp³-hybridized carbons (Fsp3) is 0.462. The van der Waals surface area contributed by atoms with Crippen molar-refractivity contribution in [2.75, 3.05) is 6.61 Å². The van der Waals surface area contributed by atoms with Crippen LogP contribution in [-0.4, -0.2) is 28.0 Å². The third-order valence-electron chi connectivity index (χ3n) is 2.63. The summed E-state index contributed by atoms with van der Waals surface area (Å²) in [5.74, 6) is 0.255. The minimum absolute atomic E-state index is 0.243. The van der Waals surface area contributed by atoms with Crippen molar-refractivity contribution in [2.24, 2.45) is 0 Å². The molecule has 0 saturated heterocycles. The van der Waals surface area contributed by atoms with Crippen LogP contribution in [0.15, 0.2) is 21.1 Å². The smallest absolute Gasteiger partial charge is 0.319 e. The maximum Gasteiger partial charge on any atom is 0.319 e. The van der Waals surface area contributed by atoms with E-state index in [1.54, 1.807) is 18.3 Å². The van der Waals surface area contributed by atoms with E-state index in [-0.39, 0.29) is 11.2 Å². The molecule has 108 valence electrons. The Kier molecular flexibility index (Phi) is 5.19. The molecule has 1 atom stereocenters. The summed E-state index contributed by atoms with van der Waals surface area (Å²) in [5, 5.41) is 10.1. The molecule has 0 aromatic carbocycles. The summed E-state index contributed by atoms with van der Waals surface area (Å²) >= 11 is 2.81. The van der Waals surface area contributed by atoms with Crippen molar-refractivity contribution >= 4 is 29.1 Å². The molecule has 2 heterocycles. The maximum atomic E-state index is 11.7. The van der Waals surface area contributed by atoms with Gasteiger partial charge in [0.05, 0.1) is 11.5 Å². The summed E-state index contributed by atoms with van der Waals surface area (Å²) < 4.78 is 10.6. The number of thioether (sulfide) groups is 1. The van der Waals surface area contributed by atoms with Gasteiger partial charge >= 0.3 is 5.97 Å². The first kappa shape index (κ1) is 15.1. The van der Waals surface area contributed by atoms with Gasteiger partial charge in [0, 0.05) is 0 Å². The number of thiophene rings is 1. The third-order valence-corrected chi connectivity index (χ3v) is 4.81. The minimum atomic E-state index is -0.312. The van der Waals surface area contributed by atoms with Gasteiger partial charge in [-0.25, -0.2) is 0 Å². The lowest BCUT2D eigenvalue weighted by Gasteiger charge is -2.09. The number of carbonyl (C=O) groups is 1. The van der Waals surface area contributed by atoms with Crippen molar-refractivity contribution in [3.63, 3.8) is 0 Å². The van der Waals surface area contributed by atoms with Crippen LogP contribution in [-0.2, 0) is 9.53 Å². The van der Waals surface area contributed by atoms with Gasteiger partial charge in [-0.15, -0.1) is 21.5 Å². The maximum absolute atomic E-state index is 11.7. The molecule has 0 unspecified atom stereocenters. The first-order chi connectivity index (χ1) is 9.65. The quantitative estimate of drug-likeness (QED) is 0.600. The second-order valence-electron chi connectivity index (χ2n) is 4.07. The number of rotatable bonds is 6. The number of nitrogens with zero attached hydrogens (tertiary/aromatic N) is 2. The largest absolute Gasteiger partial charge is 0.465 e. The number of aromatic nitrogens is 2. The number of hydrogen-bond acceptors (Lipinski definition) is 7. The molecule has 0 saturated carbocycles. The Labute approximate surface area is 125 Å². The zero-order chi connectivity index (χ0) is 14.5.